The number of alkyl halides is 1. The maximum atomic E-state index is 14.6. The van der Waals surface area contributed by atoms with Gasteiger partial charge in [-0.3, -0.25) is 4.79 Å². The lowest BCUT2D eigenvalue weighted by atomic mass is 10.0. The Morgan fingerprint density at radius 2 is 1.80 bits per heavy atom. The molecule has 0 aliphatic rings. The number of azide groups is 1. The Kier molecular flexibility index (Phi) is 4.47. The highest BCUT2D eigenvalue weighted by atomic mass is 19.1. The molecule has 0 bridgehead atoms. The predicted octanol–water partition coefficient (Wildman–Crippen LogP) is 3.19. The van der Waals surface area contributed by atoms with Gasteiger partial charge in [-0.25, -0.2) is 9.18 Å². The molecule has 0 radical (unpaired) electrons. The topological polar surface area (TPSA) is 92.1 Å². The summed E-state index contributed by atoms with van der Waals surface area (Å²) >= 11 is 0. The number of rotatable bonds is 4. The van der Waals surface area contributed by atoms with Crippen LogP contribution in [0.2, 0.25) is 0 Å². The van der Waals surface area contributed by atoms with E-state index in [0.29, 0.717) is 0 Å². The third-order valence-electron chi connectivity index (χ3n) is 2.19. The lowest BCUT2D eigenvalue weighted by molar-refractivity contribution is -0.165. The van der Waals surface area contributed by atoms with Crippen LogP contribution in [0.3, 0.4) is 0 Å². The molecule has 1 atom stereocenters. The Hall–Kier alpha value is -2.40. The minimum absolute atomic E-state index is 0.0896. The number of carbonyl (C=O) groups is 2. The van der Waals surface area contributed by atoms with Crippen LogP contribution in [0.25, 0.3) is 10.4 Å². The summed E-state index contributed by atoms with van der Waals surface area (Å²) in [6.45, 7) is 4.53. The number of nitrogens with zero attached hydrogens (tertiary/aromatic N) is 3. The van der Waals surface area contributed by atoms with Gasteiger partial charge in [0.2, 0.25) is 5.78 Å². The van der Waals surface area contributed by atoms with E-state index < -0.39 is 23.1 Å². The monoisotopic (exact) mass is 279 g/mol. The highest BCUT2D eigenvalue weighted by Gasteiger charge is 2.49. The van der Waals surface area contributed by atoms with Gasteiger partial charge in [-0.15, -0.1) is 0 Å². The van der Waals surface area contributed by atoms with Gasteiger partial charge >= 0.3 is 11.8 Å². The van der Waals surface area contributed by atoms with Crippen molar-refractivity contribution in [2.45, 2.75) is 32.2 Å². The van der Waals surface area contributed by atoms with Crippen LogP contribution in [0.5, 0.6) is 0 Å². The first-order valence-corrected chi connectivity index (χ1v) is 5.79. The predicted molar refractivity (Wildman–Crippen MR) is 69.6 cm³/mol. The largest absolute Gasteiger partial charge is 0.457 e. The smallest absolute Gasteiger partial charge is 0.359 e. The Labute approximate surface area is 115 Å². The Morgan fingerprint density at radius 1 is 1.25 bits per heavy atom. The van der Waals surface area contributed by atoms with E-state index in [0.717, 1.165) is 0 Å². The van der Waals surface area contributed by atoms with Crippen LogP contribution >= 0.6 is 0 Å². The first-order valence-electron chi connectivity index (χ1n) is 5.79. The van der Waals surface area contributed by atoms with Crippen molar-refractivity contribution in [1.82, 2.24) is 0 Å². The first-order chi connectivity index (χ1) is 9.20. The van der Waals surface area contributed by atoms with Gasteiger partial charge in [-0.1, -0.05) is 30.3 Å². The van der Waals surface area contributed by atoms with Crippen molar-refractivity contribution >= 4 is 11.8 Å². The van der Waals surface area contributed by atoms with Gasteiger partial charge in [-0.2, -0.15) is 0 Å². The van der Waals surface area contributed by atoms with Crippen molar-refractivity contribution in [3.63, 3.8) is 0 Å². The van der Waals surface area contributed by atoms with Gasteiger partial charge in [-0.05, 0) is 31.4 Å². The fourth-order valence-electron chi connectivity index (χ4n) is 1.37. The standard InChI is InChI=1S/C13H14FN3O3/c1-12(2,3)20-11(19)13(14,16-17-15)10(18)9-7-5-4-6-8-9/h4-8H,1-3H3/t13-/m0/s1. The number of hydrogen-bond acceptors (Lipinski definition) is 4. The van der Waals surface area contributed by atoms with Crippen LogP contribution in [-0.4, -0.2) is 23.1 Å². The molecule has 1 aromatic carbocycles. The van der Waals surface area contributed by atoms with Crippen LogP contribution < -0.4 is 0 Å². The summed E-state index contributed by atoms with van der Waals surface area (Å²) in [6, 6.07) is 7.25. The summed E-state index contributed by atoms with van der Waals surface area (Å²) in [5.41, 5.74) is 7.30. The van der Waals surface area contributed by atoms with Crippen molar-refractivity contribution < 1.29 is 18.7 Å². The molecule has 106 valence electrons. The molecule has 0 fully saturated rings. The lowest BCUT2D eigenvalue weighted by Gasteiger charge is -2.24. The van der Waals surface area contributed by atoms with E-state index in [9.17, 15) is 14.0 Å². The quantitative estimate of drug-likeness (QED) is 0.161. The van der Waals surface area contributed by atoms with E-state index in [4.69, 9.17) is 10.3 Å². The molecule has 0 aliphatic heterocycles. The lowest BCUT2D eigenvalue weighted by Crippen LogP contribution is -2.44. The number of ether oxygens (including phenoxy) is 1. The van der Waals surface area contributed by atoms with Gasteiger partial charge in [0.25, 0.3) is 0 Å². The van der Waals surface area contributed by atoms with E-state index in [2.05, 4.69) is 10.0 Å². The Morgan fingerprint density at radius 3 is 2.25 bits per heavy atom. The van der Waals surface area contributed by atoms with Crippen molar-refractivity contribution in [3.05, 3.63) is 46.3 Å². The zero-order valence-corrected chi connectivity index (χ0v) is 11.3. The SMILES string of the molecule is CC(C)(C)OC(=O)[C@@](F)(N=[N+]=[N-])C(=O)c1ccccc1. The molecule has 1 rings (SSSR count). The molecular weight excluding hydrogens is 265 g/mol. The summed E-state index contributed by atoms with van der Waals surface area (Å²) in [5.74, 6) is -6.20. The normalized spacial score (nSPS) is 13.8. The van der Waals surface area contributed by atoms with Crippen molar-refractivity contribution in [3.8, 4) is 0 Å². The van der Waals surface area contributed by atoms with Crippen LogP contribution in [0, 0.1) is 0 Å². The van der Waals surface area contributed by atoms with Gasteiger partial charge in [0.1, 0.15) is 5.60 Å². The third kappa shape index (κ3) is 3.55. The molecule has 20 heavy (non-hydrogen) atoms. The van der Waals surface area contributed by atoms with Gasteiger partial charge < -0.3 is 4.74 Å². The average Bonchev–Trinajstić information content (AvgIpc) is 2.37. The second kappa shape index (κ2) is 5.71. The van der Waals surface area contributed by atoms with Crippen LogP contribution in [0.15, 0.2) is 35.4 Å². The minimum atomic E-state index is -3.41. The summed E-state index contributed by atoms with van der Waals surface area (Å²) in [6.07, 6.45) is 0. The second-order valence-corrected chi connectivity index (χ2v) is 5.01. The molecule has 0 spiro atoms. The Bertz CT molecular complexity index is 562. The number of benzene rings is 1. The molecule has 7 heteroatoms. The number of halogens is 1. The van der Waals surface area contributed by atoms with Crippen LogP contribution in [-0.2, 0) is 9.53 Å². The molecule has 1 aromatic rings. The number of hydrogen-bond donors (Lipinski definition) is 0. The van der Waals surface area contributed by atoms with Gasteiger partial charge in [0, 0.05) is 10.5 Å². The molecule has 0 saturated carbocycles. The molecule has 0 heterocycles. The second-order valence-electron chi connectivity index (χ2n) is 5.01. The minimum Gasteiger partial charge on any atom is -0.457 e. The summed E-state index contributed by atoms with van der Waals surface area (Å²) in [5, 5.41) is 2.71. The number of ketones is 1. The van der Waals surface area contributed by atoms with Gasteiger partial charge in [0.15, 0.2) is 0 Å². The molecule has 0 N–H and O–H groups in total. The number of Topliss-reactive ketones (excluding diaryl/α,β-unsaturated/α-hetero) is 1. The summed E-state index contributed by atoms with van der Waals surface area (Å²) in [4.78, 5) is 26.1. The zero-order chi connectivity index (χ0) is 15.4. The van der Waals surface area contributed by atoms with Crippen LogP contribution in [0.4, 0.5) is 4.39 Å². The Balaban J connectivity index is 3.19. The molecular formula is C13H14FN3O3. The number of esters is 1. The van der Waals surface area contributed by atoms with Crippen molar-refractivity contribution in [2.75, 3.05) is 0 Å². The average molecular weight is 279 g/mol. The van der Waals surface area contributed by atoms with Crippen molar-refractivity contribution in [2.24, 2.45) is 5.11 Å². The molecule has 6 nitrogen and oxygen atoms in total. The molecule has 0 aliphatic carbocycles. The zero-order valence-electron chi connectivity index (χ0n) is 11.3. The van der Waals surface area contributed by atoms with Crippen molar-refractivity contribution in [1.29, 1.82) is 0 Å². The van der Waals surface area contributed by atoms with E-state index >= 15 is 0 Å². The first kappa shape index (κ1) is 15.7. The van der Waals surface area contributed by atoms with Gasteiger partial charge in [0.05, 0.1) is 0 Å². The molecule has 0 unspecified atom stereocenters. The third-order valence-corrected chi connectivity index (χ3v) is 2.19. The van der Waals surface area contributed by atoms with E-state index in [1.54, 1.807) is 6.07 Å². The summed E-state index contributed by atoms with van der Waals surface area (Å²) in [7, 11) is 0. The summed E-state index contributed by atoms with van der Waals surface area (Å²) < 4.78 is 19.3. The maximum Gasteiger partial charge on any atom is 0.359 e. The fraction of sp³-hybridized carbons (Fsp3) is 0.385. The van der Waals surface area contributed by atoms with E-state index in [1.165, 1.54) is 45.0 Å². The van der Waals surface area contributed by atoms with E-state index in [-0.39, 0.29) is 5.56 Å². The molecule has 0 amide bonds. The fourth-order valence-corrected chi connectivity index (χ4v) is 1.37. The van der Waals surface area contributed by atoms with Crippen LogP contribution in [0.1, 0.15) is 31.1 Å². The highest BCUT2D eigenvalue weighted by Crippen LogP contribution is 2.25. The molecule has 0 aromatic heterocycles. The maximum absolute atomic E-state index is 14.6. The number of carbonyl (C=O) groups excluding carboxylic acids is 2. The highest BCUT2D eigenvalue weighted by molar-refractivity contribution is 6.15. The molecule has 0 saturated heterocycles. The van der Waals surface area contributed by atoms with E-state index in [1.807, 2.05) is 0 Å².